The number of sulfonamides is 1. The molecule has 1 aliphatic heterocycles. The van der Waals surface area contributed by atoms with Crippen LogP contribution in [0.2, 0.25) is 5.02 Å². The number of aliphatic carboxylic acids is 1. The number of nitrogens with zero attached hydrogens (tertiary/aromatic N) is 1. The van der Waals surface area contributed by atoms with Crippen LogP contribution in [0.25, 0.3) is 10.4 Å². The van der Waals surface area contributed by atoms with E-state index in [0.717, 1.165) is 16.9 Å². The average Bonchev–Trinajstić information content (AvgIpc) is 3.13. The molecule has 35 heavy (non-hydrogen) atoms. The lowest BCUT2D eigenvalue weighted by atomic mass is 9.90. The molecule has 1 aromatic heterocycles. The van der Waals surface area contributed by atoms with Crippen LogP contribution in [0.15, 0.2) is 70.9 Å². The molecular formula is C24H21ClN2O6S2. The van der Waals surface area contributed by atoms with Crippen LogP contribution in [-0.2, 0) is 25.0 Å². The number of nitrogens with one attached hydrogen (secondary N) is 1. The molecule has 5 rings (SSSR count). The zero-order valence-electron chi connectivity index (χ0n) is 18.3. The van der Waals surface area contributed by atoms with Crippen molar-refractivity contribution in [3.8, 4) is 10.4 Å². The summed E-state index contributed by atoms with van der Waals surface area (Å²) in [7, 11) is -4.20. The van der Waals surface area contributed by atoms with Crippen LogP contribution in [0.5, 0.6) is 0 Å². The quantitative estimate of drug-likeness (QED) is 0.454. The van der Waals surface area contributed by atoms with E-state index in [1.54, 1.807) is 60.7 Å². The van der Waals surface area contributed by atoms with Gasteiger partial charge in [-0.2, -0.15) is 4.72 Å². The fourth-order valence-electron chi connectivity index (χ4n) is 4.66. The van der Waals surface area contributed by atoms with Crippen LogP contribution in [0.1, 0.15) is 12.0 Å². The Morgan fingerprint density at radius 2 is 1.83 bits per heavy atom. The van der Waals surface area contributed by atoms with Gasteiger partial charge < -0.3 is 14.7 Å². The molecule has 2 heterocycles. The van der Waals surface area contributed by atoms with Gasteiger partial charge in [-0.3, -0.25) is 4.79 Å². The minimum absolute atomic E-state index is 0.00221. The molecule has 11 heteroatoms. The van der Waals surface area contributed by atoms with Gasteiger partial charge in [0.15, 0.2) is 0 Å². The van der Waals surface area contributed by atoms with Crippen molar-refractivity contribution in [2.45, 2.75) is 21.6 Å². The molecule has 1 saturated heterocycles. The molecule has 3 aromatic rings. The van der Waals surface area contributed by atoms with E-state index in [1.807, 2.05) is 0 Å². The van der Waals surface area contributed by atoms with Crippen molar-refractivity contribution in [3.05, 3.63) is 77.3 Å². The normalized spacial score (nSPS) is 23.8. The lowest BCUT2D eigenvalue weighted by molar-refractivity contribution is -0.140. The third-order valence-corrected chi connectivity index (χ3v) is 9.91. The number of carbonyl (C=O) groups excluding carboxylic acids is 1. The van der Waals surface area contributed by atoms with Gasteiger partial charge in [-0.1, -0.05) is 54.1 Å². The first-order valence-corrected chi connectivity index (χ1v) is 13.5. The van der Waals surface area contributed by atoms with Crippen molar-refractivity contribution >= 4 is 45.0 Å². The molecule has 2 N–H and O–H groups in total. The second-order valence-electron chi connectivity index (χ2n) is 8.60. The Morgan fingerprint density at radius 3 is 2.46 bits per heavy atom. The van der Waals surface area contributed by atoms with Gasteiger partial charge in [-0.15, -0.1) is 11.3 Å². The van der Waals surface area contributed by atoms with Gasteiger partial charge in [0.2, 0.25) is 0 Å². The summed E-state index contributed by atoms with van der Waals surface area (Å²) in [5, 5.41) is 10.9. The van der Waals surface area contributed by atoms with Gasteiger partial charge in [0.25, 0.3) is 10.0 Å². The summed E-state index contributed by atoms with van der Waals surface area (Å²) in [4.78, 5) is 26.9. The molecule has 2 atom stereocenters. The van der Waals surface area contributed by atoms with Crippen LogP contribution in [0.4, 0.5) is 4.79 Å². The summed E-state index contributed by atoms with van der Waals surface area (Å²) in [5.74, 6) is -1.30. The maximum atomic E-state index is 13.4. The van der Waals surface area contributed by atoms with Gasteiger partial charge in [-0.05, 0) is 41.8 Å². The molecular weight excluding hydrogens is 512 g/mol. The highest BCUT2D eigenvalue weighted by molar-refractivity contribution is 7.91. The van der Waals surface area contributed by atoms with Crippen molar-refractivity contribution in [1.29, 1.82) is 0 Å². The van der Waals surface area contributed by atoms with E-state index in [2.05, 4.69) is 4.72 Å². The lowest BCUT2D eigenvalue weighted by Gasteiger charge is -2.27. The fourth-order valence-corrected chi connectivity index (χ4v) is 7.53. The Kier molecular flexibility index (Phi) is 5.87. The maximum absolute atomic E-state index is 13.4. The number of carboxylic acids is 1. The standard InChI is InChI=1S/C24H21ClN2O6S2/c25-18-8-6-16(7-9-18)19-10-11-20(34-19)35(31,32)26-24(21(28)29)14-23(24,17-4-2-1-3-5-17)15-27-12-13-33-22(27)30/h1-11,26H,12-15H2,(H,28,29)/t23-,24?/m1/s1. The van der Waals surface area contributed by atoms with E-state index in [4.69, 9.17) is 16.3 Å². The van der Waals surface area contributed by atoms with Gasteiger partial charge in [0.05, 0.1) is 6.54 Å². The third kappa shape index (κ3) is 4.10. The second-order valence-corrected chi connectivity index (χ2v) is 12.0. The molecule has 2 aromatic carbocycles. The van der Waals surface area contributed by atoms with Crippen molar-refractivity contribution < 1.29 is 27.9 Å². The predicted octanol–water partition coefficient (Wildman–Crippen LogP) is 3.96. The lowest BCUT2D eigenvalue weighted by Crippen LogP contribution is -2.51. The number of carboxylic acid groups (broad SMARTS) is 1. The SMILES string of the molecule is O=C1OCCN1C[C@@]1(c2ccccc2)CC1(NS(=O)(=O)c1ccc(-c2ccc(Cl)cc2)s1)C(=O)O. The van der Waals surface area contributed by atoms with Crippen LogP contribution >= 0.6 is 22.9 Å². The summed E-state index contributed by atoms with van der Waals surface area (Å²) < 4.78 is 34.4. The average molecular weight is 533 g/mol. The van der Waals surface area contributed by atoms with Gasteiger partial charge in [0, 0.05) is 21.9 Å². The molecule has 0 bridgehead atoms. The number of hydrogen-bond donors (Lipinski definition) is 2. The summed E-state index contributed by atoms with van der Waals surface area (Å²) in [6.07, 6.45) is -0.544. The highest BCUT2D eigenvalue weighted by atomic mass is 35.5. The Hall–Kier alpha value is -2.92. The Bertz CT molecular complexity index is 1390. The molecule has 8 nitrogen and oxygen atoms in total. The Balaban J connectivity index is 1.49. The molecule has 2 aliphatic rings. The number of carbonyl (C=O) groups is 2. The molecule has 1 unspecified atom stereocenters. The number of benzene rings is 2. The smallest absolute Gasteiger partial charge is 0.409 e. The van der Waals surface area contributed by atoms with Crippen molar-refractivity contribution in [2.75, 3.05) is 19.7 Å². The summed E-state index contributed by atoms with van der Waals surface area (Å²) in [6.45, 7) is 0.536. The fraction of sp³-hybridized carbons (Fsp3) is 0.250. The second kappa shape index (κ2) is 8.63. The van der Waals surface area contributed by atoms with Crippen molar-refractivity contribution in [3.63, 3.8) is 0 Å². The zero-order valence-corrected chi connectivity index (χ0v) is 20.7. The van der Waals surface area contributed by atoms with Crippen molar-refractivity contribution in [2.24, 2.45) is 0 Å². The largest absolute Gasteiger partial charge is 0.480 e. The van der Waals surface area contributed by atoms with Gasteiger partial charge >= 0.3 is 12.1 Å². The molecule has 1 amide bonds. The van der Waals surface area contributed by atoms with Crippen molar-refractivity contribution in [1.82, 2.24) is 9.62 Å². The van der Waals surface area contributed by atoms with E-state index < -0.39 is 33.0 Å². The van der Waals surface area contributed by atoms with Crippen LogP contribution < -0.4 is 4.72 Å². The van der Waals surface area contributed by atoms with Crippen LogP contribution in [-0.4, -0.2) is 55.7 Å². The van der Waals surface area contributed by atoms with E-state index in [9.17, 15) is 23.1 Å². The Morgan fingerprint density at radius 1 is 1.11 bits per heavy atom. The minimum Gasteiger partial charge on any atom is -0.480 e. The number of rotatable bonds is 8. The summed E-state index contributed by atoms with van der Waals surface area (Å²) in [5.41, 5.74) is -1.53. The van der Waals surface area contributed by atoms with Crippen LogP contribution in [0, 0.1) is 0 Å². The highest BCUT2D eigenvalue weighted by Gasteiger charge is 2.75. The van der Waals surface area contributed by atoms with E-state index in [1.165, 1.54) is 11.0 Å². The van der Waals surface area contributed by atoms with Gasteiger partial charge in [-0.25, -0.2) is 13.2 Å². The first kappa shape index (κ1) is 23.8. The number of ether oxygens (including phenoxy) is 1. The first-order chi connectivity index (χ1) is 16.7. The number of amides is 1. The Labute approximate surface area is 211 Å². The number of halogens is 1. The third-order valence-electron chi connectivity index (χ3n) is 6.54. The molecule has 0 spiro atoms. The number of thiophene rings is 1. The summed E-state index contributed by atoms with van der Waals surface area (Å²) in [6, 6.07) is 18.9. The zero-order chi connectivity index (χ0) is 24.8. The molecule has 1 aliphatic carbocycles. The molecule has 0 radical (unpaired) electrons. The van der Waals surface area contributed by atoms with E-state index in [0.29, 0.717) is 22.0 Å². The molecule has 182 valence electrons. The van der Waals surface area contributed by atoms with E-state index >= 15 is 0 Å². The highest BCUT2D eigenvalue weighted by Crippen LogP contribution is 2.59. The minimum atomic E-state index is -4.20. The number of cyclic esters (lactones) is 1. The van der Waals surface area contributed by atoms with Crippen LogP contribution in [0.3, 0.4) is 0 Å². The maximum Gasteiger partial charge on any atom is 0.409 e. The molecule has 2 fully saturated rings. The summed E-state index contributed by atoms with van der Waals surface area (Å²) >= 11 is 6.98. The topological polar surface area (TPSA) is 113 Å². The van der Waals surface area contributed by atoms with E-state index in [-0.39, 0.29) is 23.8 Å². The number of hydrogen-bond acceptors (Lipinski definition) is 6. The molecule has 1 saturated carbocycles. The predicted molar refractivity (Wildman–Crippen MR) is 131 cm³/mol. The first-order valence-electron chi connectivity index (χ1n) is 10.8. The monoisotopic (exact) mass is 532 g/mol. The van der Waals surface area contributed by atoms with Gasteiger partial charge in [0.1, 0.15) is 16.4 Å².